The van der Waals surface area contributed by atoms with Crippen LogP contribution < -0.4 is 5.32 Å². The van der Waals surface area contributed by atoms with Crippen LogP contribution in [0.5, 0.6) is 0 Å². The molecule has 0 unspecified atom stereocenters. The fourth-order valence-electron chi connectivity index (χ4n) is 2.42. The van der Waals surface area contributed by atoms with Crippen molar-refractivity contribution in [3.05, 3.63) is 77.5 Å². The largest absolute Gasteiger partial charge is 0.416 e. The number of alkyl halides is 3. The number of H-pyrrole nitrogens is 1. The van der Waals surface area contributed by atoms with Gasteiger partial charge in [-0.3, -0.25) is 9.89 Å². The van der Waals surface area contributed by atoms with Crippen LogP contribution in [-0.2, 0) is 12.7 Å². The number of hydrogen-bond acceptors (Lipinski definition) is 2. The van der Waals surface area contributed by atoms with E-state index in [0.29, 0.717) is 16.8 Å². The molecule has 0 aliphatic carbocycles. The van der Waals surface area contributed by atoms with Crippen molar-refractivity contribution < 1.29 is 18.0 Å². The fraction of sp³-hybridized carbons (Fsp3) is 0.111. The van der Waals surface area contributed by atoms with Gasteiger partial charge in [0.1, 0.15) is 0 Å². The number of hydrogen-bond donors (Lipinski definition) is 2. The minimum absolute atomic E-state index is 0.0117. The molecule has 0 atom stereocenters. The maximum Gasteiger partial charge on any atom is 0.416 e. The van der Waals surface area contributed by atoms with Crippen molar-refractivity contribution in [2.75, 3.05) is 0 Å². The maximum atomic E-state index is 12.7. The molecule has 1 aromatic heterocycles. The Labute approximate surface area is 141 Å². The summed E-state index contributed by atoms with van der Waals surface area (Å²) in [6.45, 7) is -0.0117. The number of rotatable bonds is 4. The number of amides is 1. The Morgan fingerprint density at radius 3 is 2.56 bits per heavy atom. The van der Waals surface area contributed by atoms with E-state index in [9.17, 15) is 18.0 Å². The molecule has 128 valence electrons. The molecule has 0 spiro atoms. The second-order valence-electron chi connectivity index (χ2n) is 5.41. The lowest BCUT2D eigenvalue weighted by atomic mass is 10.1. The number of carbonyl (C=O) groups excluding carboxylic acids is 1. The first-order valence-electron chi connectivity index (χ1n) is 7.48. The average Bonchev–Trinajstić information content (AvgIpc) is 3.10. The first-order chi connectivity index (χ1) is 11.9. The third kappa shape index (κ3) is 3.88. The van der Waals surface area contributed by atoms with Gasteiger partial charge in [-0.1, -0.05) is 42.5 Å². The van der Waals surface area contributed by atoms with E-state index < -0.39 is 17.6 Å². The highest BCUT2D eigenvalue weighted by atomic mass is 19.4. The van der Waals surface area contributed by atoms with Crippen LogP contribution >= 0.6 is 0 Å². The van der Waals surface area contributed by atoms with Crippen LogP contribution in [0.4, 0.5) is 13.2 Å². The van der Waals surface area contributed by atoms with Crippen LogP contribution in [0.3, 0.4) is 0 Å². The van der Waals surface area contributed by atoms with Gasteiger partial charge in [-0.15, -0.1) is 0 Å². The molecule has 0 aliphatic heterocycles. The molecule has 1 heterocycles. The zero-order chi connectivity index (χ0) is 17.9. The van der Waals surface area contributed by atoms with Crippen molar-refractivity contribution in [2.45, 2.75) is 12.7 Å². The summed E-state index contributed by atoms with van der Waals surface area (Å²) in [6.07, 6.45) is -3.02. The van der Waals surface area contributed by atoms with Crippen molar-refractivity contribution in [1.82, 2.24) is 15.5 Å². The number of aromatic nitrogens is 2. The lowest BCUT2D eigenvalue weighted by Gasteiger charge is -2.10. The van der Waals surface area contributed by atoms with E-state index in [1.165, 1.54) is 18.3 Å². The number of nitrogens with one attached hydrogen (secondary N) is 2. The topological polar surface area (TPSA) is 57.8 Å². The molecule has 0 saturated carbocycles. The smallest absolute Gasteiger partial charge is 0.348 e. The lowest BCUT2D eigenvalue weighted by molar-refractivity contribution is -0.137. The minimum atomic E-state index is -4.41. The highest BCUT2D eigenvalue weighted by molar-refractivity contribution is 5.99. The molecule has 0 radical (unpaired) electrons. The standard InChI is InChI=1S/C18H14F3N3O/c19-18(20,21)14-8-4-5-12(9-14)10-22-17(25)15-11-23-24-16(15)13-6-2-1-3-7-13/h1-9,11H,10H2,(H,22,25)(H,23,24). The van der Waals surface area contributed by atoms with Gasteiger partial charge < -0.3 is 5.32 Å². The maximum absolute atomic E-state index is 12.7. The molecule has 3 rings (SSSR count). The van der Waals surface area contributed by atoms with Crippen molar-refractivity contribution in [3.8, 4) is 11.3 Å². The molecule has 25 heavy (non-hydrogen) atoms. The molecule has 2 aromatic carbocycles. The zero-order valence-corrected chi connectivity index (χ0v) is 13.0. The van der Waals surface area contributed by atoms with Gasteiger partial charge >= 0.3 is 6.18 Å². The van der Waals surface area contributed by atoms with Crippen LogP contribution in [-0.4, -0.2) is 16.1 Å². The van der Waals surface area contributed by atoms with Crippen LogP contribution in [0.2, 0.25) is 0 Å². The van der Waals surface area contributed by atoms with E-state index >= 15 is 0 Å². The van der Waals surface area contributed by atoms with Gasteiger partial charge in [0.2, 0.25) is 0 Å². The zero-order valence-electron chi connectivity index (χ0n) is 13.0. The van der Waals surface area contributed by atoms with Gasteiger partial charge in [0.15, 0.2) is 0 Å². The Hall–Kier alpha value is -3.09. The van der Waals surface area contributed by atoms with Gasteiger partial charge in [0, 0.05) is 12.1 Å². The van der Waals surface area contributed by atoms with Gasteiger partial charge in [-0.05, 0) is 17.7 Å². The third-order valence-corrected chi connectivity index (χ3v) is 3.65. The molecular weight excluding hydrogens is 331 g/mol. The summed E-state index contributed by atoms with van der Waals surface area (Å²) >= 11 is 0. The molecule has 0 aliphatic rings. The van der Waals surface area contributed by atoms with E-state index in [1.807, 2.05) is 30.3 Å². The van der Waals surface area contributed by atoms with Crippen LogP contribution in [0.25, 0.3) is 11.3 Å². The van der Waals surface area contributed by atoms with Crippen molar-refractivity contribution in [1.29, 1.82) is 0 Å². The van der Waals surface area contributed by atoms with Crippen LogP contribution in [0, 0.1) is 0 Å². The van der Waals surface area contributed by atoms with E-state index in [4.69, 9.17) is 0 Å². The van der Waals surface area contributed by atoms with Crippen molar-refractivity contribution >= 4 is 5.91 Å². The number of aromatic amines is 1. The quantitative estimate of drug-likeness (QED) is 0.750. The van der Waals surface area contributed by atoms with Gasteiger partial charge in [0.05, 0.1) is 23.0 Å². The summed E-state index contributed by atoms with van der Waals surface area (Å²) in [5.41, 5.74) is 1.31. The number of halogens is 3. The third-order valence-electron chi connectivity index (χ3n) is 3.65. The Bertz CT molecular complexity index is 873. The van der Waals surface area contributed by atoms with E-state index in [1.54, 1.807) is 0 Å². The predicted octanol–water partition coefficient (Wildman–Crippen LogP) is 4.03. The van der Waals surface area contributed by atoms with Gasteiger partial charge in [-0.2, -0.15) is 18.3 Å². The second-order valence-corrected chi connectivity index (χ2v) is 5.41. The summed E-state index contributed by atoms with van der Waals surface area (Å²) in [6, 6.07) is 14.0. The predicted molar refractivity (Wildman–Crippen MR) is 86.6 cm³/mol. The van der Waals surface area contributed by atoms with Gasteiger partial charge in [0.25, 0.3) is 5.91 Å². The second kappa shape index (κ2) is 6.80. The summed E-state index contributed by atoms with van der Waals surface area (Å²) in [5, 5.41) is 9.28. The van der Waals surface area contributed by atoms with Crippen LogP contribution in [0.1, 0.15) is 21.5 Å². The van der Waals surface area contributed by atoms with Crippen molar-refractivity contribution in [2.24, 2.45) is 0 Å². The van der Waals surface area contributed by atoms with Crippen molar-refractivity contribution in [3.63, 3.8) is 0 Å². The van der Waals surface area contributed by atoms with E-state index in [0.717, 1.165) is 17.7 Å². The minimum Gasteiger partial charge on any atom is -0.348 e. The monoisotopic (exact) mass is 345 g/mol. The normalized spacial score (nSPS) is 11.3. The number of carbonyl (C=O) groups is 1. The summed E-state index contributed by atoms with van der Waals surface area (Å²) in [5.74, 6) is -0.412. The molecule has 7 heteroatoms. The Balaban J connectivity index is 1.74. The first-order valence-corrected chi connectivity index (χ1v) is 7.48. The average molecular weight is 345 g/mol. The molecule has 2 N–H and O–H groups in total. The highest BCUT2D eigenvalue weighted by Gasteiger charge is 2.30. The SMILES string of the molecule is O=C(NCc1cccc(C(F)(F)F)c1)c1cn[nH]c1-c1ccccc1. The lowest BCUT2D eigenvalue weighted by Crippen LogP contribution is -2.23. The Morgan fingerprint density at radius 1 is 1.08 bits per heavy atom. The summed E-state index contributed by atoms with van der Waals surface area (Å²) in [4.78, 5) is 12.4. The highest BCUT2D eigenvalue weighted by Crippen LogP contribution is 2.29. The Morgan fingerprint density at radius 2 is 1.84 bits per heavy atom. The summed E-state index contributed by atoms with van der Waals surface area (Å²) in [7, 11) is 0. The molecule has 4 nitrogen and oxygen atoms in total. The van der Waals surface area contributed by atoms with Gasteiger partial charge in [-0.25, -0.2) is 0 Å². The number of nitrogens with zero attached hydrogens (tertiary/aromatic N) is 1. The molecule has 0 bridgehead atoms. The van der Waals surface area contributed by atoms with Crippen LogP contribution in [0.15, 0.2) is 60.8 Å². The number of benzene rings is 2. The summed E-state index contributed by atoms with van der Waals surface area (Å²) < 4.78 is 38.2. The van der Waals surface area contributed by atoms with E-state index in [2.05, 4.69) is 15.5 Å². The molecule has 0 fully saturated rings. The first kappa shape index (κ1) is 16.8. The molecular formula is C18H14F3N3O. The van der Waals surface area contributed by atoms with E-state index in [-0.39, 0.29) is 6.54 Å². The fourth-order valence-corrected chi connectivity index (χ4v) is 2.42. The Kier molecular flexibility index (Phi) is 4.56. The molecule has 3 aromatic rings. The molecule has 1 amide bonds. The molecule has 0 saturated heterocycles.